The molecule has 1 amide bonds. The Morgan fingerprint density at radius 3 is 2.80 bits per heavy atom. The maximum Gasteiger partial charge on any atom is 0.226 e. The van der Waals surface area contributed by atoms with Crippen LogP contribution in [0.4, 0.5) is 0 Å². The van der Waals surface area contributed by atoms with E-state index in [9.17, 15) is 4.79 Å². The highest BCUT2D eigenvalue weighted by atomic mass is 35.5. The molecule has 3 rings (SSSR count). The normalized spacial score (nSPS) is 27.0. The second kappa shape index (κ2) is 8.91. The number of hydrogen-bond donors (Lipinski definition) is 2. The van der Waals surface area contributed by atoms with Crippen LogP contribution in [0.15, 0.2) is 24.3 Å². The smallest absolute Gasteiger partial charge is 0.226 e. The summed E-state index contributed by atoms with van der Waals surface area (Å²) in [6.45, 7) is 1.70. The second-order valence-corrected chi connectivity index (χ2v) is 7.48. The van der Waals surface area contributed by atoms with Crippen LogP contribution in [0.25, 0.3) is 0 Å². The van der Waals surface area contributed by atoms with Crippen LogP contribution in [0.3, 0.4) is 0 Å². The Balaban J connectivity index is 0.00000225. The lowest BCUT2D eigenvalue weighted by Crippen LogP contribution is -2.46. The van der Waals surface area contributed by atoms with E-state index in [-0.39, 0.29) is 23.7 Å². The first-order valence-electron chi connectivity index (χ1n) is 9.24. The maximum atomic E-state index is 13.1. The molecule has 0 saturated heterocycles. The highest BCUT2D eigenvalue weighted by Crippen LogP contribution is 2.57. The lowest BCUT2D eigenvalue weighted by atomic mass is 9.68. The number of hydrogen-bond acceptors (Lipinski definition) is 3. The summed E-state index contributed by atoms with van der Waals surface area (Å²) >= 11 is 0. The van der Waals surface area contributed by atoms with Gasteiger partial charge in [-0.25, -0.2) is 0 Å². The number of fused-ring (bicyclic) bond motifs is 2. The SMILES string of the molecule is CNCCCNC(=O)C1(Cc2cccc(OC)c2)CC2CCC1C2.Cl. The number of halogens is 1. The fraction of sp³-hybridized carbons (Fsp3) is 0.650. The van der Waals surface area contributed by atoms with Crippen LogP contribution in [-0.4, -0.2) is 33.2 Å². The average Bonchev–Trinajstić information content (AvgIpc) is 3.20. The molecule has 1 aromatic carbocycles. The molecule has 0 aliphatic heterocycles. The van der Waals surface area contributed by atoms with Gasteiger partial charge in [-0.05, 0) is 75.2 Å². The Morgan fingerprint density at radius 1 is 1.32 bits per heavy atom. The van der Waals surface area contributed by atoms with Gasteiger partial charge < -0.3 is 15.4 Å². The molecule has 3 atom stereocenters. The average molecular weight is 367 g/mol. The molecule has 2 N–H and O–H groups in total. The van der Waals surface area contributed by atoms with Crippen molar-refractivity contribution >= 4 is 18.3 Å². The molecule has 2 bridgehead atoms. The highest BCUT2D eigenvalue weighted by molar-refractivity contribution is 5.85. The lowest BCUT2D eigenvalue weighted by molar-refractivity contribution is -0.134. The number of amides is 1. The van der Waals surface area contributed by atoms with E-state index in [1.807, 2.05) is 19.2 Å². The quantitative estimate of drug-likeness (QED) is 0.695. The number of rotatable bonds is 8. The first kappa shape index (κ1) is 20.1. The molecular weight excluding hydrogens is 336 g/mol. The Hall–Kier alpha value is -1.26. The third-order valence-corrected chi connectivity index (χ3v) is 5.97. The molecule has 0 aromatic heterocycles. The van der Waals surface area contributed by atoms with E-state index in [0.717, 1.165) is 44.0 Å². The van der Waals surface area contributed by atoms with E-state index in [1.54, 1.807) is 7.11 Å². The minimum Gasteiger partial charge on any atom is -0.497 e. The van der Waals surface area contributed by atoms with Crippen LogP contribution in [0.5, 0.6) is 5.75 Å². The van der Waals surface area contributed by atoms with E-state index < -0.39 is 0 Å². The van der Waals surface area contributed by atoms with Crippen molar-refractivity contribution in [1.29, 1.82) is 0 Å². The third kappa shape index (κ3) is 4.29. The zero-order valence-corrected chi connectivity index (χ0v) is 16.2. The zero-order valence-electron chi connectivity index (χ0n) is 15.3. The molecule has 2 aliphatic carbocycles. The standard InChI is InChI=1S/C20H30N2O2.ClH/c1-21-9-4-10-22-19(23)20(14-16-7-8-17(20)11-16)13-15-5-3-6-18(12-15)24-2;/h3,5-6,12,16-17,21H,4,7-11,13-14H2,1-2H3,(H,22,23);1H. The zero-order chi connectivity index (χ0) is 17.0. The van der Waals surface area contributed by atoms with Crippen molar-refractivity contribution in [2.45, 2.75) is 38.5 Å². The lowest BCUT2D eigenvalue weighted by Gasteiger charge is -2.36. The van der Waals surface area contributed by atoms with E-state index in [0.29, 0.717) is 5.92 Å². The molecule has 0 heterocycles. The van der Waals surface area contributed by atoms with Gasteiger partial charge in [0.05, 0.1) is 12.5 Å². The molecule has 25 heavy (non-hydrogen) atoms. The van der Waals surface area contributed by atoms with Gasteiger partial charge in [-0.2, -0.15) is 0 Å². The van der Waals surface area contributed by atoms with E-state index in [1.165, 1.54) is 24.8 Å². The predicted molar refractivity (Wildman–Crippen MR) is 103 cm³/mol. The number of nitrogens with one attached hydrogen (secondary N) is 2. The minimum absolute atomic E-state index is 0. The van der Waals surface area contributed by atoms with E-state index in [2.05, 4.69) is 22.8 Å². The van der Waals surface area contributed by atoms with Gasteiger partial charge in [0.2, 0.25) is 5.91 Å². The van der Waals surface area contributed by atoms with Gasteiger partial charge in [-0.15, -0.1) is 12.4 Å². The molecule has 140 valence electrons. The molecule has 0 radical (unpaired) electrons. The van der Waals surface area contributed by atoms with Crippen molar-refractivity contribution in [2.75, 3.05) is 27.2 Å². The molecule has 2 saturated carbocycles. The van der Waals surface area contributed by atoms with Gasteiger partial charge >= 0.3 is 0 Å². The van der Waals surface area contributed by atoms with Crippen molar-refractivity contribution in [2.24, 2.45) is 17.3 Å². The number of carbonyl (C=O) groups excluding carboxylic acids is 1. The summed E-state index contributed by atoms with van der Waals surface area (Å²) in [7, 11) is 3.64. The molecular formula is C20H31ClN2O2. The summed E-state index contributed by atoms with van der Waals surface area (Å²) in [6, 6.07) is 8.21. The van der Waals surface area contributed by atoms with Crippen molar-refractivity contribution in [3.63, 3.8) is 0 Å². The number of benzene rings is 1. The molecule has 1 aromatic rings. The van der Waals surface area contributed by atoms with Crippen LogP contribution in [-0.2, 0) is 11.2 Å². The van der Waals surface area contributed by atoms with Crippen LogP contribution >= 0.6 is 12.4 Å². The fourth-order valence-corrected chi connectivity index (χ4v) is 4.81. The van der Waals surface area contributed by atoms with Gasteiger partial charge in [-0.1, -0.05) is 18.6 Å². The Labute approximate surface area is 157 Å². The van der Waals surface area contributed by atoms with Crippen molar-refractivity contribution in [3.8, 4) is 5.75 Å². The van der Waals surface area contributed by atoms with Crippen molar-refractivity contribution < 1.29 is 9.53 Å². The molecule has 2 aliphatic rings. The fourth-order valence-electron chi connectivity index (χ4n) is 4.81. The van der Waals surface area contributed by atoms with Crippen LogP contribution in [0.1, 0.15) is 37.7 Å². The third-order valence-electron chi connectivity index (χ3n) is 5.97. The summed E-state index contributed by atoms with van der Waals surface area (Å²) in [5.41, 5.74) is 1.00. The van der Waals surface area contributed by atoms with Crippen LogP contribution < -0.4 is 15.4 Å². The molecule has 3 unspecified atom stereocenters. The van der Waals surface area contributed by atoms with Gasteiger partial charge in [0.25, 0.3) is 0 Å². The summed E-state index contributed by atoms with van der Waals surface area (Å²) in [5, 5.41) is 6.36. The first-order chi connectivity index (χ1) is 11.7. The van der Waals surface area contributed by atoms with Crippen molar-refractivity contribution in [3.05, 3.63) is 29.8 Å². The Morgan fingerprint density at radius 2 is 2.16 bits per heavy atom. The van der Waals surface area contributed by atoms with Crippen molar-refractivity contribution in [1.82, 2.24) is 10.6 Å². The first-order valence-corrected chi connectivity index (χ1v) is 9.24. The summed E-state index contributed by atoms with van der Waals surface area (Å²) in [5.74, 6) is 2.43. The summed E-state index contributed by atoms with van der Waals surface area (Å²) in [6.07, 6.45) is 6.60. The maximum absolute atomic E-state index is 13.1. The monoisotopic (exact) mass is 366 g/mol. The second-order valence-electron chi connectivity index (χ2n) is 7.48. The topological polar surface area (TPSA) is 50.4 Å². The Bertz CT molecular complexity index is 581. The molecule has 5 heteroatoms. The van der Waals surface area contributed by atoms with E-state index in [4.69, 9.17) is 4.74 Å². The van der Waals surface area contributed by atoms with Gasteiger partial charge in [0, 0.05) is 6.54 Å². The van der Waals surface area contributed by atoms with Gasteiger partial charge in [0.15, 0.2) is 0 Å². The molecule has 4 nitrogen and oxygen atoms in total. The van der Waals surface area contributed by atoms with Gasteiger partial charge in [-0.3, -0.25) is 4.79 Å². The number of methoxy groups -OCH3 is 1. The summed E-state index contributed by atoms with van der Waals surface area (Å²) in [4.78, 5) is 13.1. The predicted octanol–water partition coefficient (Wildman–Crippen LogP) is 3.19. The van der Waals surface area contributed by atoms with Crippen LogP contribution in [0, 0.1) is 17.3 Å². The highest BCUT2D eigenvalue weighted by Gasteiger charge is 2.55. The van der Waals surface area contributed by atoms with E-state index >= 15 is 0 Å². The Kier molecular flexibility index (Phi) is 7.14. The molecule has 0 spiro atoms. The van der Waals surface area contributed by atoms with Gasteiger partial charge in [0.1, 0.15) is 5.75 Å². The molecule has 2 fully saturated rings. The minimum atomic E-state index is -0.213. The number of ether oxygens (including phenoxy) is 1. The largest absolute Gasteiger partial charge is 0.497 e. The van der Waals surface area contributed by atoms with Crippen LogP contribution in [0.2, 0.25) is 0 Å². The summed E-state index contributed by atoms with van der Waals surface area (Å²) < 4.78 is 5.36. The number of carbonyl (C=O) groups is 1.